The van der Waals surface area contributed by atoms with E-state index in [2.05, 4.69) is 0 Å². The van der Waals surface area contributed by atoms with Crippen LogP contribution < -0.4 is 0 Å². The molecule has 0 aromatic rings. The average molecular weight is 381 g/mol. The zero-order valence-electron chi connectivity index (χ0n) is 8.80. The number of hydrogen-bond donors (Lipinski definition) is 0. The topological polar surface area (TPSA) is 51.2 Å². The molecule has 0 atom stereocenters. The number of carbonyl (C=O) groups is 3. The Morgan fingerprint density at radius 1 is 1.00 bits per heavy atom. The Hall–Kier alpha value is -0.848. The zero-order valence-corrected chi connectivity index (χ0v) is 11.5. The van der Waals surface area contributed by atoms with Crippen LogP contribution in [-0.2, 0) is 28.7 Å². The van der Waals surface area contributed by atoms with Crippen molar-refractivity contribution in [3.05, 3.63) is 24.3 Å². The van der Waals surface area contributed by atoms with Crippen molar-refractivity contribution in [3.63, 3.8) is 0 Å². The number of allylic oxidation sites excluding steroid dienone is 4. The number of carbonyl (C=O) groups excluding carboxylic acids is 3. The van der Waals surface area contributed by atoms with E-state index in [0.717, 1.165) is 0 Å². The summed E-state index contributed by atoms with van der Waals surface area (Å²) in [6, 6.07) is 0. The molecule has 0 saturated carbocycles. The van der Waals surface area contributed by atoms with Gasteiger partial charge in [0.05, 0.1) is 0 Å². The molecule has 0 N–H and O–H groups in total. The maximum absolute atomic E-state index is 11.4. The fraction of sp³-hybridized carbons (Fsp3) is 0.364. The Bertz CT molecular complexity index is 318. The van der Waals surface area contributed by atoms with Crippen LogP contribution in [0.1, 0.15) is 13.8 Å². The first-order valence-electron chi connectivity index (χ1n) is 4.62. The van der Waals surface area contributed by atoms with E-state index >= 15 is 0 Å². The van der Waals surface area contributed by atoms with Gasteiger partial charge in [-0.3, -0.25) is 0 Å². The molecule has 84 valence electrons. The van der Waals surface area contributed by atoms with Crippen LogP contribution in [0.2, 0.25) is 8.78 Å². The molecule has 0 aromatic carbocycles. The summed E-state index contributed by atoms with van der Waals surface area (Å²) in [5.74, 6) is 0. The monoisotopic (exact) mass is 382 g/mol. The van der Waals surface area contributed by atoms with E-state index in [-0.39, 0.29) is 8.78 Å². The van der Waals surface area contributed by atoms with Gasteiger partial charge in [0.1, 0.15) is 0 Å². The van der Waals surface area contributed by atoms with Gasteiger partial charge in [-0.15, -0.1) is 0 Å². The van der Waals surface area contributed by atoms with Crippen molar-refractivity contribution in [1.82, 2.24) is 0 Å². The van der Waals surface area contributed by atoms with Crippen molar-refractivity contribution in [1.29, 1.82) is 0 Å². The molecule has 1 aliphatic carbocycles. The van der Waals surface area contributed by atoms with Gasteiger partial charge in [-0.25, -0.2) is 0 Å². The van der Waals surface area contributed by atoms with Crippen LogP contribution in [0.25, 0.3) is 0 Å². The summed E-state index contributed by atoms with van der Waals surface area (Å²) in [4.78, 5) is 34.2. The van der Waals surface area contributed by atoms with Crippen LogP contribution in [0.4, 0.5) is 0 Å². The molecule has 3 nitrogen and oxygen atoms in total. The minimum absolute atomic E-state index is 0.177. The van der Waals surface area contributed by atoms with Gasteiger partial charge in [-0.05, 0) is 0 Å². The van der Waals surface area contributed by atoms with Gasteiger partial charge >= 0.3 is 89.9 Å². The molecule has 0 saturated heterocycles. The Morgan fingerprint density at radius 3 is 1.67 bits per heavy atom. The molecule has 0 heterocycles. The van der Waals surface area contributed by atoms with Gasteiger partial charge in [0.2, 0.25) is 0 Å². The summed E-state index contributed by atoms with van der Waals surface area (Å²) < 4.78 is 1.60. The molecule has 0 fully saturated rings. The van der Waals surface area contributed by atoms with Crippen LogP contribution in [0, 0.1) is 0 Å². The second kappa shape index (κ2) is 3.96. The molecule has 15 heavy (non-hydrogen) atoms. The number of rotatable bonds is 5. The van der Waals surface area contributed by atoms with Gasteiger partial charge in [0, 0.05) is 0 Å². The quantitative estimate of drug-likeness (QED) is 0.685. The average Bonchev–Trinajstić information content (AvgIpc) is 2.76. The second-order valence-corrected chi connectivity index (χ2v) is 19.7. The van der Waals surface area contributed by atoms with Crippen LogP contribution in [0.15, 0.2) is 24.3 Å². The molecule has 4 heteroatoms. The summed E-state index contributed by atoms with van der Waals surface area (Å²) >= 11 is -4.52. The Morgan fingerprint density at radius 2 is 1.40 bits per heavy atom. The van der Waals surface area contributed by atoms with Crippen molar-refractivity contribution in [2.75, 3.05) is 0 Å². The van der Waals surface area contributed by atoms with Gasteiger partial charge in [-0.2, -0.15) is 0 Å². The van der Waals surface area contributed by atoms with Crippen molar-refractivity contribution < 1.29 is 28.7 Å². The molecule has 1 rings (SSSR count). The minimum atomic E-state index is -4.52. The molecule has 0 aliphatic heterocycles. The molecular weight excluding hydrogens is 366 g/mol. The Labute approximate surface area is 90.0 Å². The molecule has 0 aromatic heterocycles. The van der Waals surface area contributed by atoms with E-state index in [1.807, 2.05) is 0 Å². The molecular formula is C11H15O3Re. The van der Waals surface area contributed by atoms with Gasteiger partial charge < -0.3 is 0 Å². The normalized spacial score (nSPS) is 18.7. The van der Waals surface area contributed by atoms with E-state index in [1.54, 1.807) is 38.2 Å². The number of hydrogen-bond acceptors (Lipinski definition) is 3. The Balaban J connectivity index is 3.44. The van der Waals surface area contributed by atoms with E-state index < -0.39 is 14.3 Å². The fourth-order valence-corrected chi connectivity index (χ4v) is 10.6. The third-order valence-electron chi connectivity index (χ3n) is 2.91. The first-order chi connectivity index (χ1) is 7.06. The van der Waals surface area contributed by atoms with Crippen molar-refractivity contribution in [2.45, 2.75) is 22.6 Å². The summed E-state index contributed by atoms with van der Waals surface area (Å²) in [5, 5.41) is 0. The molecule has 0 unspecified atom stereocenters. The van der Waals surface area contributed by atoms with Crippen LogP contribution in [0.5, 0.6) is 0 Å². The van der Waals surface area contributed by atoms with Crippen LogP contribution >= 0.6 is 0 Å². The summed E-state index contributed by atoms with van der Waals surface area (Å²) in [5.41, 5.74) is 0. The van der Waals surface area contributed by atoms with E-state index in [0.29, 0.717) is 14.3 Å². The third kappa shape index (κ3) is 1.40. The summed E-state index contributed by atoms with van der Waals surface area (Å²) in [7, 11) is 0. The molecule has 0 radical (unpaired) electrons. The van der Waals surface area contributed by atoms with Crippen molar-refractivity contribution in [3.8, 4) is 0 Å². The second-order valence-electron chi connectivity index (χ2n) is 3.76. The summed E-state index contributed by atoms with van der Waals surface area (Å²) in [6.07, 6.45) is 7.16. The third-order valence-corrected chi connectivity index (χ3v) is 19.8. The van der Waals surface area contributed by atoms with Crippen molar-refractivity contribution in [2.24, 2.45) is 0 Å². The van der Waals surface area contributed by atoms with E-state index in [9.17, 15) is 14.4 Å². The zero-order chi connectivity index (χ0) is 11.6. The molecule has 0 bridgehead atoms. The van der Waals surface area contributed by atoms with E-state index in [4.69, 9.17) is 0 Å². The maximum atomic E-state index is 11.4. The molecule has 1 aliphatic rings. The first kappa shape index (κ1) is 12.2. The van der Waals surface area contributed by atoms with Gasteiger partial charge in [-0.1, -0.05) is 0 Å². The molecule has 0 spiro atoms. The van der Waals surface area contributed by atoms with E-state index in [1.165, 1.54) is 0 Å². The predicted octanol–water partition coefficient (Wildman–Crippen LogP) is 1.99. The summed E-state index contributed by atoms with van der Waals surface area (Å²) in [6.45, 7) is 3.58. The standard InChI is InChI=1S/C5H5.C3H7.3CHO.Re/c1-2-4-5-3-1;1-3-2;3*1-2;/h1-5H;3H,1-2H3;3*1H;. The fourth-order valence-electron chi connectivity index (χ4n) is 1.58. The van der Waals surface area contributed by atoms with Crippen LogP contribution in [0.3, 0.4) is 0 Å². The van der Waals surface area contributed by atoms with Crippen molar-refractivity contribution >= 4 is 14.3 Å². The predicted molar refractivity (Wildman–Crippen MR) is 57.4 cm³/mol. The molecule has 0 amide bonds. The first-order valence-corrected chi connectivity index (χ1v) is 12.5. The SMILES string of the molecule is C[CH](C)[Re]([CH]=O)([CH]=O)([CH]=O)[CH]1C=CC=C1. The van der Waals surface area contributed by atoms with Gasteiger partial charge in [0.15, 0.2) is 0 Å². The van der Waals surface area contributed by atoms with Crippen LogP contribution in [-0.4, -0.2) is 14.3 Å². The Kier molecular flexibility index (Phi) is 3.23. The van der Waals surface area contributed by atoms with Gasteiger partial charge in [0.25, 0.3) is 0 Å².